The first kappa shape index (κ1) is 30.4. The zero-order chi connectivity index (χ0) is 28.8. The maximum absolute atomic E-state index is 13.8. The van der Waals surface area contributed by atoms with E-state index in [1.54, 1.807) is 6.08 Å². The van der Waals surface area contributed by atoms with E-state index >= 15 is 0 Å². The number of methoxy groups -OCH3 is 1. The maximum Gasteiger partial charge on any atom is 0.330 e. The Balaban J connectivity index is 1.86. The molecule has 6 nitrogen and oxygen atoms in total. The molecule has 0 heterocycles. The Hall–Kier alpha value is -3.10. The average molecular weight is 543 g/mol. The molecule has 0 aliphatic heterocycles. The predicted molar refractivity (Wildman–Crippen MR) is 147 cm³/mol. The number of hydrogen-bond donors (Lipinski definition) is 3. The number of esters is 1. The minimum atomic E-state index is -1.03. The van der Waals surface area contributed by atoms with E-state index in [9.17, 15) is 23.5 Å². The van der Waals surface area contributed by atoms with Crippen molar-refractivity contribution < 1.29 is 28.2 Å². The van der Waals surface area contributed by atoms with Gasteiger partial charge in [-0.3, -0.25) is 4.79 Å². The molecule has 0 aromatic heterocycles. The summed E-state index contributed by atoms with van der Waals surface area (Å²) in [6.07, 6.45) is 3.32. The number of amides is 1. The van der Waals surface area contributed by atoms with Gasteiger partial charge in [0.1, 0.15) is 11.6 Å². The number of aliphatic hydroxyl groups excluding tert-OH is 1. The second kappa shape index (κ2) is 12.8. The van der Waals surface area contributed by atoms with Crippen LogP contribution in [0.15, 0.2) is 54.1 Å². The van der Waals surface area contributed by atoms with E-state index in [4.69, 9.17) is 4.74 Å². The van der Waals surface area contributed by atoms with E-state index in [-0.39, 0.29) is 30.3 Å². The molecule has 0 radical (unpaired) electrons. The number of ether oxygens (including phenoxy) is 1. The van der Waals surface area contributed by atoms with Gasteiger partial charge in [-0.25, -0.2) is 13.6 Å². The third-order valence-electron chi connectivity index (χ3n) is 7.43. The molecule has 0 bridgehead atoms. The standard InChI is InChI=1S/C31H40F2N2O4/c1-20(36)35-27(15-22-13-25(32)18-26(33)14-22)28(37)19-34-31(11-9-21(10-12-31)16-29(38)39-5)24-8-6-7-23(17-24)30(2,3)4/h6-8,13-14,16-18,27-28,34,37H,9-12,15,19H2,1-5H3,(H,35,36). The first-order chi connectivity index (χ1) is 18.3. The van der Waals surface area contributed by atoms with Crippen LogP contribution in [-0.4, -0.2) is 42.8 Å². The van der Waals surface area contributed by atoms with Gasteiger partial charge < -0.3 is 20.5 Å². The fraction of sp³-hybridized carbons (Fsp3) is 0.484. The van der Waals surface area contributed by atoms with Crippen LogP contribution < -0.4 is 10.6 Å². The van der Waals surface area contributed by atoms with Gasteiger partial charge in [0.05, 0.1) is 19.3 Å². The Morgan fingerprint density at radius 1 is 1.10 bits per heavy atom. The zero-order valence-electron chi connectivity index (χ0n) is 23.4. The molecule has 1 amide bonds. The normalized spacial score (nSPS) is 19.2. The van der Waals surface area contributed by atoms with Crippen molar-refractivity contribution in [3.8, 4) is 0 Å². The van der Waals surface area contributed by atoms with Crippen LogP contribution in [0.4, 0.5) is 8.78 Å². The maximum atomic E-state index is 13.8. The van der Waals surface area contributed by atoms with E-state index in [1.165, 1.54) is 31.7 Å². The smallest absolute Gasteiger partial charge is 0.330 e. The van der Waals surface area contributed by atoms with Crippen molar-refractivity contribution in [2.45, 2.75) is 82.9 Å². The predicted octanol–water partition coefficient (Wildman–Crippen LogP) is 4.83. The summed E-state index contributed by atoms with van der Waals surface area (Å²) in [4.78, 5) is 23.7. The molecule has 39 heavy (non-hydrogen) atoms. The summed E-state index contributed by atoms with van der Waals surface area (Å²) in [5.41, 5.74) is 3.08. The van der Waals surface area contributed by atoms with Gasteiger partial charge in [-0.05, 0) is 66.3 Å². The van der Waals surface area contributed by atoms with Gasteiger partial charge in [0.25, 0.3) is 0 Å². The van der Waals surface area contributed by atoms with E-state index in [0.717, 1.165) is 17.2 Å². The van der Waals surface area contributed by atoms with Gasteiger partial charge in [0, 0.05) is 31.1 Å². The van der Waals surface area contributed by atoms with Crippen LogP contribution in [0, 0.1) is 11.6 Å². The monoisotopic (exact) mass is 542 g/mol. The summed E-state index contributed by atoms with van der Waals surface area (Å²) in [6.45, 7) is 7.94. The molecule has 0 saturated heterocycles. The fourth-order valence-electron chi connectivity index (χ4n) is 5.19. The molecule has 1 aliphatic carbocycles. The molecule has 3 N–H and O–H groups in total. The van der Waals surface area contributed by atoms with Crippen LogP contribution in [0.3, 0.4) is 0 Å². The Morgan fingerprint density at radius 2 is 1.74 bits per heavy atom. The van der Waals surface area contributed by atoms with Gasteiger partial charge in [-0.2, -0.15) is 0 Å². The van der Waals surface area contributed by atoms with Crippen molar-refractivity contribution >= 4 is 11.9 Å². The Kier molecular flexibility index (Phi) is 10.0. The second-order valence-electron chi connectivity index (χ2n) is 11.5. The fourth-order valence-corrected chi connectivity index (χ4v) is 5.19. The molecule has 212 valence electrons. The highest BCUT2D eigenvalue weighted by molar-refractivity contribution is 5.82. The zero-order valence-corrected chi connectivity index (χ0v) is 23.4. The minimum absolute atomic E-state index is 0.0575. The summed E-state index contributed by atoms with van der Waals surface area (Å²) in [5.74, 6) is -2.15. The topological polar surface area (TPSA) is 87.7 Å². The van der Waals surface area contributed by atoms with Crippen LogP contribution in [0.5, 0.6) is 0 Å². The van der Waals surface area contributed by atoms with E-state index in [0.29, 0.717) is 31.2 Å². The van der Waals surface area contributed by atoms with Gasteiger partial charge >= 0.3 is 5.97 Å². The van der Waals surface area contributed by atoms with E-state index in [2.05, 4.69) is 49.6 Å². The molecule has 3 rings (SSSR count). The largest absolute Gasteiger partial charge is 0.466 e. The highest BCUT2D eigenvalue weighted by atomic mass is 19.1. The molecule has 0 spiro atoms. The number of nitrogens with one attached hydrogen (secondary N) is 2. The van der Waals surface area contributed by atoms with E-state index < -0.39 is 29.3 Å². The lowest BCUT2D eigenvalue weighted by Gasteiger charge is -2.41. The first-order valence-electron chi connectivity index (χ1n) is 13.3. The van der Waals surface area contributed by atoms with Gasteiger partial charge in [0.15, 0.2) is 0 Å². The lowest BCUT2D eigenvalue weighted by Crippen LogP contribution is -2.53. The van der Waals surface area contributed by atoms with Crippen LogP contribution in [-0.2, 0) is 31.7 Å². The highest BCUT2D eigenvalue weighted by Crippen LogP contribution is 2.40. The Morgan fingerprint density at radius 3 is 2.31 bits per heavy atom. The summed E-state index contributed by atoms with van der Waals surface area (Å²) >= 11 is 0. The molecule has 2 aromatic rings. The Bertz CT molecular complexity index is 1180. The Labute approximate surface area is 229 Å². The second-order valence-corrected chi connectivity index (χ2v) is 11.5. The molecule has 2 unspecified atom stereocenters. The molecular weight excluding hydrogens is 502 g/mol. The molecule has 1 fully saturated rings. The third-order valence-corrected chi connectivity index (χ3v) is 7.43. The van der Waals surface area contributed by atoms with Crippen molar-refractivity contribution in [1.82, 2.24) is 10.6 Å². The number of allylic oxidation sites excluding steroid dienone is 1. The average Bonchev–Trinajstić information content (AvgIpc) is 2.86. The SMILES string of the molecule is COC(=O)C=C1CCC(NCC(O)C(Cc2cc(F)cc(F)c2)NC(C)=O)(c2cccc(C(C)(C)C)c2)CC1. The summed E-state index contributed by atoms with van der Waals surface area (Å²) in [6, 6.07) is 10.8. The van der Waals surface area contributed by atoms with Crippen molar-refractivity contribution in [2.75, 3.05) is 13.7 Å². The number of aliphatic hydroxyl groups is 1. The quantitative estimate of drug-likeness (QED) is 0.312. The summed E-state index contributed by atoms with van der Waals surface area (Å²) in [5, 5.41) is 17.5. The molecule has 2 atom stereocenters. The van der Waals surface area contributed by atoms with Crippen LogP contribution in [0.1, 0.15) is 70.1 Å². The number of halogens is 2. The number of rotatable bonds is 9. The van der Waals surface area contributed by atoms with Gasteiger partial charge in [-0.1, -0.05) is 50.6 Å². The van der Waals surface area contributed by atoms with Crippen LogP contribution in [0.25, 0.3) is 0 Å². The molecular formula is C31H40F2N2O4. The van der Waals surface area contributed by atoms with E-state index in [1.807, 2.05) is 6.07 Å². The van der Waals surface area contributed by atoms with Gasteiger partial charge in [-0.15, -0.1) is 0 Å². The number of hydrogen-bond acceptors (Lipinski definition) is 5. The molecule has 8 heteroatoms. The van der Waals surface area contributed by atoms with Crippen molar-refractivity contribution in [1.29, 1.82) is 0 Å². The third kappa shape index (κ3) is 8.44. The molecule has 2 aromatic carbocycles. The number of carbonyl (C=O) groups is 2. The van der Waals surface area contributed by atoms with Crippen LogP contribution >= 0.6 is 0 Å². The van der Waals surface area contributed by atoms with Crippen molar-refractivity contribution in [2.24, 2.45) is 0 Å². The molecule has 1 aliphatic rings. The summed E-state index contributed by atoms with van der Waals surface area (Å²) in [7, 11) is 1.36. The van der Waals surface area contributed by atoms with Crippen molar-refractivity contribution in [3.63, 3.8) is 0 Å². The minimum Gasteiger partial charge on any atom is -0.466 e. The van der Waals surface area contributed by atoms with Crippen LogP contribution in [0.2, 0.25) is 0 Å². The first-order valence-corrected chi connectivity index (χ1v) is 13.3. The lowest BCUT2D eigenvalue weighted by molar-refractivity contribution is -0.135. The summed E-state index contributed by atoms with van der Waals surface area (Å²) < 4.78 is 32.4. The highest BCUT2D eigenvalue weighted by Gasteiger charge is 2.37. The number of benzene rings is 2. The number of carbonyl (C=O) groups excluding carboxylic acids is 2. The van der Waals surface area contributed by atoms with Gasteiger partial charge in [0.2, 0.25) is 5.91 Å². The molecule has 1 saturated carbocycles. The lowest BCUT2D eigenvalue weighted by atomic mass is 9.73. The van der Waals surface area contributed by atoms with Crippen molar-refractivity contribution in [3.05, 3.63) is 82.4 Å².